The molecule has 19 heavy (non-hydrogen) atoms. The Labute approximate surface area is 116 Å². The van der Waals surface area contributed by atoms with Crippen LogP contribution in [0.3, 0.4) is 0 Å². The Balaban J connectivity index is 2.15. The molecule has 1 aromatic rings. The Morgan fingerprint density at radius 3 is 2.58 bits per heavy atom. The minimum Gasteiger partial charge on any atom is -0.378 e. The molecule has 1 heterocycles. The Bertz CT molecular complexity index is 499. The summed E-state index contributed by atoms with van der Waals surface area (Å²) in [5.41, 5.74) is 1.02. The van der Waals surface area contributed by atoms with E-state index in [2.05, 4.69) is 5.32 Å². The topological polar surface area (TPSA) is 58.6 Å². The van der Waals surface area contributed by atoms with Crippen LogP contribution in [0.15, 0.2) is 18.2 Å². The molecule has 0 aromatic heterocycles. The molecular weight excluding hydrogens is 268 g/mol. The summed E-state index contributed by atoms with van der Waals surface area (Å²) in [6.45, 7) is 3.66. The van der Waals surface area contributed by atoms with E-state index in [9.17, 15) is 9.59 Å². The van der Waals surface area contributed by atoms with Gasteiger partial charge in [0, 0.05) is 25.7 Å². The van der Waals surface area contributed by atoms with Gasteiger partial charge in [-0.15, -0.1) is 0 Å². The van der Waals surface area contributed by atoms with Crippen LogP contribution in [0.4, 0.5) is 5.69 Å². The quantitative estimate of drug-likeness (QED) is 0.899. The summed E-state index contributed by atoms with van der Waals surface area (Å²) in [6.07, 6.45) is 0. The molecule has 2 rings (SSSR count). The molecule has 1 fully saturated rings. The Hall–Kier alpha value is -1.59. The lowest BCUT2D eigenvalue weighted by atomic mass is 10.1. The van der Waals surface area contributed by atoms with Gasteiger partial charge >= 0.3 is 0 Å². The van der Waals surface area contributed by atoms with Gasteiger partial charge in [-0.2, -0.15) is 0 Å². The van der Waals surface area contributed by atoms with E-state index in [-0.39, 0.29) is 11.8 Å². The highest BCUT2D eigenvalue weighted by Gasteiger charge is 2.20. The average molecular weight is 283 g/mol. The van der Waals surface area contributed by atoms with Crippen molar-refractivity contribution in [3.05, 3.63) is 28.8 Å². The number of benzene rings is 1. The largest absolute Gasteiger partial charge is 0.378 e. The smallest absolute Gasteiger partial charge is 0.255 e. The Morgan fingerprint density at radius 2 is 2.00 bits per heavy atom. The van der Waals surface area contributed by atoms with Gasteiger partial charge in [-0.25, -0.2) is 0 Å². The fourth-order valence-electron chi connectivity index (χ4n) is 1.91. The zero-order chi connectivity index (χ0) is 13.8. The summed E-state index contributed by atoms with van der Waals surface area (Å²) in [5, 5.41) is 2.96. The van der Waals surface area contributed by atoms with E-state index in [0.717, 1.165) is 0 Å². The van der Waals surface area contributed by atoms with E-state index in [1.54, 1.807) is 23.1 Å². The van der Waals surface area contributed by atoms with Gasteiger partial charge in [-0.3, -0.25) is 9.59 Å². The van der Waals surface area contributed by atoms with E-state index in [0.29, 0.717) is 42.6 Å². The fraction of sp³-hybridized carbons (Fsp3) is 0.385. The van der Waals surface area contributed by atoms with Crippen molar-refractivity contribution in [3.63, 3.8) is 0 Å². The number of carbonyl (C=O) groups is 2. The molecule has 0 bridgehead atoms. The van der Waals surface area contributed by atoms with E-state index >= 15 is 0 Å². The van der Waals surface area contributed by atoms with Gasteiger partial charge in [0.05, 0.1) is 23.8 Å². The van der Waals surface area contributed by atoms with Crippen LogP contribution in [0.2, 0.25) is 5.02 Å². The number of nitrogens with zero attached hydrogens (tertiary/aromatic N) is 1. The molecule has 2 amide bonds. The molecule has 1 aliphatic rings. The second kappa shape index (κ2) is 6.04. The first kappa shape index (κ1) is 13.8. The lowest BCUT2D eigenvalue weighted by molar-refractivity contribution is -0.114. The maximum absolute atomic E-state index is 12.3. The number of rotatable bonds is 2. The van der Waals surface area contributed by atoms with Crippen molar-refractivity contribution in [2.75, 3.05) is 31.6 Å². The van der Waals surface area contributed by atoms with Crippen LogP contribution >= 0.6 is 11.6 Å². The molecular formula is C13H15ClN2O3. The number of nitrogens with one attached hydrogen (secondary N) is 1. The van der Waals surface area contributed by atoms with E-state index < -0.39 is 0 Å². The molecule has 1 saturated heterocycles. The van der Waals surface area contributed by atoms with Crippen LogP contribution in [0.5, 0.6) is 0 Å². The minimum atomic E-state index is -0.177. The summed E-state index contributed by atoms with van der Waals surface area (Å²) in [5.74, 6) is -0.286. The second-order valence-electron chi connectivity index (χ2n) is 4.28. The molecule has 1 N–H and O–H groups in total. The number of carbonyl (C=O) groups excluding carboxylic acids is 2. The van der Waals surface area contributed by atoms with Crippen molar-refractivity contribution in [1.29, 1.82) is 0 Å². The van der Waals surface area contributed by atoms with Crippen molar-refractivity contribution in [2.45, 2.75) is 6.92 Å². The predicted molar refractivity (Wildman–Crippen MR) is 72.5 cm³/mol. The van der Waals surface area contributed by atoms with Crippen molar-refractivity contribution in [1.82, 2.24) is 4.90 Å². The molecule has 1 aliphatic heterocycles. The zero-order valence-corrected chi connectivity index (χ0v) is 11.4. The van der Waals surface area contributed by atoms with Crippen molar-refractivity contribution in [2.24, 2.45) is 0 Å². The highest BCUT2D eigenvalue weighted by molar-refractivity contribution is 6.34. The third kappa shape index (κ3) is 3.45. The molecule has 1 aromatic carbocycles. The first-order valence-electron chi connectivity index (χ1n) is 6.02. The van der Waals surface area contributed by atoms with E-state index in [4.69, 9.17) is 16.3 Å². The molecule has 0 atom stereocenters. The van der Waals surface area contributed by atoms with E-state index in [1.165, 1.54) is 6.92 Å². The molecule has 0 radical (unpaired) electrons. The number of halogens is 1. The number of anilines is 1. The zero-order valence-electron chi connectivity index (χ0n) is 10.6. The van der Waals surface area contributed by atoms with Gasteiger partial charge in [0.1, 0.15) is 0 Å². The molecule has 0 aliphatic carbocycles. The monoisotopic (exact) mass is 282 g/mol. The fourth-order valence-corrected chi connectivity index (χ4v) is 2.17. The Morgan fingerprint density at radius 1 is 1.32 bits per heavy atom. The van der Waals surface area contributed by atoms with E-state index in [1.807, 2.05) is 0 Å². The molecule has 0 spiro atoms. The Kier molecular flexibility index (Phi) is 4.39. The summed E-state index contributed by atoms with van der Waals surface area (Å²) in [4.78, 5) is 24.9. The number of amides is 2. The summed E-state index contributed by atoms with van der Waals surface area (Å²) in [7, 11) is 0. The first-order valence-corrected chi connectivity index (χ1v) is 6.40. The maximum Gasteiger partial charge on any atom is 0.255 e. The number of hydrogen-bond acceptors (Lipinski definition) is 3. The van der Waals surface area contributed by atoms with Gasteiger partial charge in [0.25, 0.3) is 5.91 Å². The van der Waals surface area contributed by atoms with Gasteiger partial charge in [0.15, 0.2) is 0 Å². The second-order valence-corrected chi connectivity index (χ2v) is 4.69. The number of morpholine rings is 1. The SMILES string of the molecule is CC(=O)Nc1ccc(C(=O)N2CCOCC2)c(Cl)c1. The standard InChI is InChI=1S/C13H15ClN2O3/c1-9(17)15-10-2-3-11(12(14)8-10)13(18)16-4-6-19-7-5-16/h2-3,8H,4-7H2,1H3,(H,15,17). The predicted octanol–water partition coefficient (Wildman–Crippen LogP) is 1.77. The highest BCUT2D eigenvalue weighted by Crippen LogP contribution is 2.22. The van der Waals surface area contributed by atoms with Crippen molar-refractivity contribution < 1.29 is 14.3 Å². The summed E-state index contributed by atoms with van der Waals surface area (Å²) < 4.78 is 5.20. The number of hydrogen-bond donors (Lipinski definition) is 1. The van der Waals surface area contributed by atoms with Crippen molar-refractivity contribution in [3.8, 4) is 0 Å². The molecule has 0 unspecified atom stereocenters. The van der Waals surface area contributed by atoms with Crippen LogP contribution in [0, 0.1) is 0 Å². The molecule has 0 saturated carbocycles. The number of ether oxygens (including phenoxy) is 1. The van der Waals surface area contributed by atoms with Gasteiger partial charge in [-0.05, 0) is 18.2 Å². The normalized spacial score (nSPS) is 15.2. The lowest BCUT2D eigenvalue weighted by Crippen LogP contribution is -2.40. The van der Waals surface area contributed by atoms with Crippen LogP contribution in [-0.4, -0.2) is 43.0 Å². The first-order chi connectivity index (χ1) is 9.08. The van der Waals surface area contributed by atoms with Crippen molar-refractivity contribution >= 4 is 29.1 Å². The molecule has 5 nitrogen and oxygen atoms in total. The van der Waals surface area contributed by atoms with Gasteiger partial charge in [0.2, 0.25) is 5.91 Å². The van der Waals surface area contributed by atoms with Gasteiger partial charge in [-0.1, -0.05) is 11.6 Å². The van der Waals surface area contributed by atoms with Gasteiger partial charge < -0.3 is 15.0 Å². The summed E-state index contributed by atoms with van der Waals surface area (Å²) >= 11 is 6.10. The average Bonchev–Trinajstić information content (AvgIpc) is 2.38. The molecule has 6 heteroatoms. The third-order valence-corrected chi connectivity index (χ3v) is 3.13. The minimum absolute atomic E-state index is 0.109. The lowest BCUT2D eigenvalue weighted by Gasteiger charge is -2.27. The van der Waals surface area contributed by atoms with Crippen LogP contribution in [0.1, 0.15) is 17.3 Å². The summed E-state index contributed by atoms with van der Waals surface area (Å²) in [6, 6.07) is 4.88. The molecule has 102 valence electrons. The third-order valence-electron chi connectivity index (χ3n) is 2.82. The van der Waals surface area contributed by atoms with Crippen LogP contribution < -0.4 is 5.32 Å². The maximum atomic E-state index is 12.3. The van der Waals surface area contributed by atoms with Crippen LogP contribution in [0.25, 0.3) is 0 Å². The highest BCUT2D eigenvalue weighted by atomic mass is 35.5. The van der Waals surface area contributed by atoms with Crippen LogP contribution in [-0.2, 0) is 9.53 Å².